The van der Waals surface area contributed by atoms with Crippen molar-refractivity contribution in [2.75, 3.05) is 38.0 Å². The average molecular weight is 381 g/mol. The maximum absolute atomic E-state index is 12.8. The summed E-state index contributed by atoms with van der Waals surface area (Å²) in [5.41, 5.74) is 2.73. The van der Waals surface area contributed by atoms with Gasteiger partial charge in [-0.2, -0.15) is 0 Å². The zero-order chi connectivity index (χ0) is 19.7. The van der Waals surface area contributed by atoms with Crippen LogP contribution in [0.3, 0.4) is 0 Å². The van der Waals surface area contributed by atoms with Gasteiger partial charge in [0.15, 0.2) is 5.82 Å². The van der Waals surface area contributed by atoms with Gasteiger partial charge in [0.25, 0.3) is 5.91 Å². The number of H-pyrrole nitrogens is 1. The Bertz CT molecular complexity index is 1010. The van der Waals surface area contributed by atoms with Gasteiger partial charge in [-0.1, -0.05) is 17.3 Å². The molecule has 0 atom stereocenters. The fourth-order valence-corrected chi connectivity index (χ4v) is 3.45. The van der Waals surface area contributed by atoms with Crippen molar-refractivity contribution in [2.45, 2.75) is 13.8 Å². The summed E-state index contributed by atoms with van der Waals surface area (Å²) in [7, 11) is 0. The van der Waals surface area contributed by atoms with E-state index in [0.29, 0.717) is 43.5 Å². The number of anilines is 1. The molecule has 3 heterocycles. The maximum atomic E-state index is 12.8. The van der Waals surface area contributed by atoms with E-state index >= 15 is 0 Å². The fraction of sp³-hybridized carbons (Fsp3) is 0.350. The summed E-state index contributed by atoms with van der Waals surface area (Å²) in [5.74, 6) is 0.926. The zero-order valence-electron chi connectivity index (χ0n) is 16.0. The third-order valence-electron chi connectivity index (χ3n) is 4.93. The van der Waals surface area contributed by atoms with Gasteiger partial charge >= 0.3 is 0 Å². The number of fused-ring (bicyclic) bond motifs is 1. The Kier molecular flexibility index (Phi) is 4.87. The van der Waals surface area contributed by atoms with E-state index in [1.165, 1.54) is 0 Å². The minimum Gasteiger partial charge on any atom is -0.360 e. The average Bonchev–Trinajstić information content (AvgIpc) is 3.27. The molecule has 146 valence electrons. The van der Waals surface area contributed by atoms with Crippen LogP contribution in [0.1, 0.15) is 21.8 Å². The van der Waals surface area contributed by atoms with Crippen molar-refractivity contribution in [3.63, 3.8) is 0 Å². The normalized spacial score (nSPS) is 15.1. The lowest BCUT2D eigenvalue weighted by molar-refractivity contribution is -0.117. The molecule has 3 aromatic rings. The molecule has 0 spiro atoms. The first-order chi connectivity index (χ1) is 13.5. The second-order valence-electron chi connectivity index (χ2n) is 7.21. The molecule has 8 nitrogen and oxygen atoms in total. The van der Waals surface area contributed by atoms with Crippen molar-refractivity contribution in [3.8, 4) is 0 Å². The number of rotatable bonds is 4. The molecule has 1 aromatic carbocycles. The zero-order valence-corrected chi connectivity index (χ0v) is 16.0. The van der Waals surface area contributed by atoms with Crippen LogP contribution in [0.5, 0.6) is 0 Å². The number of hydrogen-bond acceptors (Lipinski definition) is 5. The van der Waals surface area contributed by atoms with Crippen LogP contribution < -0.4 is 5.32 Å². The molecular formula is C20H23N5O3. The summed E-state index contributed by atoms with van der Waals surface area (Å²) >= 11 is 0. The number of aryl methyl sites for hydroxylation is 2. The van der Waals surface area contributed by atoms with Gasteiger partial charge < -0.3 is 19.7 Å². The monoisotopic (exact) mass is 381 g/mol. The summed E-state index contributed by atoms with van der Waals surface area (Å²) < 4.78 is 4.94. The third kappa shape index (κ3) is 3.91. The predicted octanol–water partition coefficient (Wildman–Crippen LogP) is 2.17. The molecule has 0 saturated carbocycles. The van der Waals surface area contributed by atoms with Crippen molar-refractivity contribution >= 4 is 28.5 Å². The van der Waals surface area contributed by atoms with E-state index in [9.17, 15) is 9.59 Å². The molecule has 28 heavy (non-hydrogen) atoms. The third-order valence-corrected chi connectivity index (χ3v) is 4.93. The first-order valence-electron chi connectivity index (χ1n) is 9.32. The van der Waals surface area contributed by atoms with Crippen LogP contribution >= 0.6 is 0 Å². The highest BCUT2D eigenvalue weighted by atomic mass is 16.5. The van der Waals surface area contributed by atoms with E-state index in [1.807, 2.05) is 41.0 Å². The van der Waals surface area contributed by atoms with Gasteiger partial charge in [0.05, 0.1) is 6.54 Å². The lowest BCUT2D eigenvalue weighted by Crippen LogP contribution is -2.50. The van der Waals surface area contributed by atoms with Gasteiger partial charge in [-0.3, -0.25) is 14.5 Å². The molecule has 1 aliphatic heterocycles. The number of aromatic nitrogens is 2. The Morgan fingerprint density at radius 1 is 1.14 bits per heavy atom. The largest absolute Gasteiger partial charge is 0.360 e. The van der Waals surface area contributed by atoms with Gasteiger partial charge in [-0.15, -0.1) is 0 Å². The van der Waals surface area contributed by atoms with E-state index in [1.54, 1.807) is 13.0 Å². The molecule has 0 bridgehead atoms. The number of aromatic amines is 1. The molecule has 2 N–H and O–H groups in total. The summed E-state index contributed by atoms with van der Waals surface area (Å²) in [4.78, 5) is 32.0. The van der Waals surface area contributed by atoms with Crippen LogP contribution in [0, 0.1) is 13.8 Å². The number of carbonyl (C=O) groups is 2. The van der Waals surface area contributed by atoms with E-state index in [4.69, 9.17) is 4.52 Å². The van der Waals surface area contributed by atoms with Crippen LogP contribution in [-0.4, -0.2) is 64.5 Å². The van der Waals surface area contributed by atoms with Gasteiger partial charge in [-0.25, -0.2) is 0 Å². The summed E-state index contributed by atoms with van der Waals surface area (Å²) in [6.45, 7) is 6.54. The first-order valence-corrected chi connectivity index (χ1v) is 9.32. The topological polar surface area (TPSA) is 94.5 Å². The summed E-state index contributed by atoms with van der Waals surface area (Å²) in [6.07, 6.45) is 0. The van der Waals surface area contributed by atoms with E-state index in [2.05, 4.69) is 15.5 Å². The van der Waals surface area contributed by atoms with Crippen LogP contribution in [0.15, 0.2) is 34.9 Å². The van der Waals surface area contributed by atoms with Crippen molar-refractivity contribution < 1.29 is 14.1 Å². The smallest absolute Gasteiger partial charge is 0.270 e. The highest BCUT2D eigenvalue weighted by Crippen LogP contribution is 2.18. The molecule has 1 saturated heterocycles. The number of nitrogens with one attached hydrogen (secondary N) is 2. The highest BCUT2D eigenvalue weighted by Gasteiger charge is 2.24. The van der Waals surface area contributed by atoms with Crippen molar-refractivity contribution in [2.24, 2.45) is 0 Å². The van der Waals surface area contributed by atoms with E-state index in [-0.39, 0.29) is 18.4 Å². The van der Waals surface area contributed by atoms with E-state index < -0.39 is 0 Å². The lowest BCUT2D eigenvalue weighted by Gasteiger charge is -2.34. The fourth-order valence-electron chi connectivity index (χ4n) is 3.45. The lowest BCUT2D eigenvalue weighted by atomic mass is 10.2. The number of hydrogen-bond donors (Lipinski definition) is 2. The molecule has 2 aromatic heterocycles. The van der Waals surface area contributed by atoms with Crippen LogP contribution in [0.2, 0.25) is 0 Å². The van der Waals surface area contributed by atoms with Gasteiger partial charge in [-0.05, 0) is 31.5 Å². The Balaban J connectivity index is 1.31. The molecule has 4 rings (SSSR count). The van der Waals surface area contributed by atoms with Gasteiger partial charge in [0.2, 0.25) is 5.91 Å². The predicted molar refractivity (Wildman–Crippen MR) is 105 cm³/mol. The highest BCUT2D eigenvalue weighted by molar-refractivity contribution is 5.98. The standard InChI is InChI=1S/C20H23N5O3/c1-13-3-4-15-11-17(21-16(15)9-13)20(27)25-7-5-24(6-8-25)12-19(26)22-18-10-14(2)28-23-18/h3-4,9-11,21H,5-8,12H2,1-2H3,(H,22,23,26). The maximum Gasteiger partial charge on any atom is 0.270 e. The summed E-state index contributed by atoms with van der Waals surface area (Å²) in [6, 6.07) is 9.67. The Hall–Kier alpha value is -3.13. The number of carbonyl (C=O) groups excluding carboxylic acids is 2. The molecule has 1 fully saturated rings. The van der Waals surface area contributed by atoms with E-state index in [0.717, 1.165) is 16.5 Å². The van der Waals surface area contributed by atoms with Crippen molar-refractivity contribution in [1.29, 1.82) is 0 Å². The molecule has 1 aliphatic rings. The Labute approximate surface area is 162 Å². The number of nitrogens with zero attached hydrogens (tertiary/aromatic N) is 3. The van der Waals surface area contributed by atoms with Crippen molar-refractivity contribution in [3.05, 3.63) is 47.3 Å². The molecule has 0 unspecified atom stereocenters. The molecule has 8 heteroatoms. The van der Waals surface area contributed by atoms with Gasteiger partial charge in [0, 0.05) is 43.1 Å². The Morgan fingerprint density at radius 3 is 2.64 bits per heavy atom. The molecule has 0 aliphatic carbocycles. The van der Waals surface area contributed by atoms with Crippen LogP contribution in [-0.2, 0) is 4.79 Å². The van der Waals surface area contributed by atoms with Crippen LogP contribution in [0.4, 0.5) is 5.82 Å². The molecular weight excluding hydrogens is 358 g/mol. The Morgan fingerprint density at radius 2 is 1.93 bits per heavy atom. The SMILES string of the molecule is Cc1ccc2cc(C(=O)N3CCN(CC(=O)Nc4cc(C)on4)CC3)[nH]c2c1. The van der Waals surface area contributed by atoms with Crippen molar-refractivity contribution in [1.82, 2.24) is 19.9 Å². The number of benzene rings is 1. The molecule has 2 amide bonds. The second kappa shape index (κ2) is 7.47. The number of piperazine rings is 1. The minimum absolute atomic E-state index is 0.00368. The van der Waals surface area contributed by atoms with Gasteiger partial charge in [0.1, 0.15) is 11.5 Å². The number of amides is 2. The first kappa shape index (κ1) is 18.2. The second-order valence-corrected chi connectivity index (χ2v) is 7.21. The summed E-state index contributed by atoms with van der Waals surface area (Å²) in [5, 5.41) is 7.51. The van der Waals surface area contributed by atoms with Crippen LogP contribution in [0.25, 0.3) is 10.9 Å². The quantitative estimate of drug-likeness (QED) is 0.722. The molecule has 0 radical (unpaired) electrons. The minimum atomic E-state index is -0.140.